The highest BCUT2D eigenvalue weighted by Crippen LogP contribution is 2.20. The van der Waals surface area contributed by atoms with Crippen molar-refractivity contribution < 1.29 is 0 Å². The quantitative estimate of drug-likeness (QED) is 0.773. The monoisotopic (exact) mass is 239 g/mol. The maximum absolute atomic E-state index is 2.35. The van der Waals surface area contributed by atoms with Gasteiger partial charge in [-0.15, -0.1) is 0 Å². The van der Waals surface area contributed by atoms with Crippen LogP contribution in [0.3, 0.4) is 0 Å². The summed E-state index contributed by atoms with van der Waals surface area (Å²) >= 11 is 0. The van der Waals surface area contributed by atoms with Crippen molar-refractivity contribution in [1.82, 2.24) is 4.90 Å². The molecule has 0 saturated carbocycles. The van der Waals surface area contributed by atoms with Crippen molar-refractivity contribution in [2.45, 2.75) is 26.4 Å². The molecule has 0 N–H and O–H groups in total. The molecule has 0 radical (unpaired) electrons. The summed E-state index contributed by atoms with van der Waals surface area (Å²) < 4.78 is 0. The van der Waals surface area contributed by atoms with Gasteiger partial charge in [0.15, 0.2) is 0 Å². The van der Waals surface area contributed by atoms with Crippen LogP contribution >= 0.6 is 0 Å². The number of benzene rings is 2. The Hall–Kier alpha value is -1.60. The van der Waals surface area contributed by atoms with Crippen LogP contribution < -0.4 is 0 Å². The average Bonchev–Trinajstić information content (AvgIpc) is 2.40. The predicted octanol–water partition coefficient (Wildman–Crippen LogP) is 4.19. The molecule has 0 atom stereocenters. The zero-order valence-electron chi connectivity index (χ0n) is 11.4. The minimum atomic E-state index is 0.574. The maximum Gasteiger partial charge on any atom is 0.0233 e. The molecular weight excluding hydrogens is 218 g/mol. The molecule has 0 aliphatic carbocycles. The molecule has 0 heterocycles. The molecule has 0 amide bonds. The Morgan fingerprint density at radius 3 is 2.22 bits per heavy atom. The molecule has 0 aliphatic heterocycles. The Labute approximate surface area is 110 Å². The van der Waals surface area contributed by atoms with Crippen LogP contribution in [0.25, 0.3) is 11.1 Å². The first-order chi connectivity index (χ1) is 8.66. The summed E-state index contributed by atoms with van der Waals surface area (Å²) in [6.45, 7) is 5.44. The minimum Gasteiger partial charge on any atom is -0.300 e. The second-order valence-corrected chi connectivity index (χ2v) is 5.08. The van der Waals surface area contributed by atoms with Gasteiger partial charge in [-0.1, -0.05) is 48.5 Å². The summed E-state index contributed by atoms with van der Waals surface area (Å²) in [7, 11) is 2.17. The molecule has 0 bridgehead atoms. The van der Waals surface area contributed by atoms with Crippen molar-refractivity contribution in [3.8, 4) is 11.1 Å². The highest BCUT2D eigenvalue weighted by molar-refractivity contribution is 5.63. The molecule has 1 nitrogen and oxygen atoms in total. The fraction of sp³-hybridized carbons (Fsp3) is 0.294. The van der Waals surface area contributed by atoms with Crippen LogP contribution in [-0.4, -0.2) is 18.0 Å². The normalized spacial score (nSPS) is 11.2. The zero-order valence-corrected chi connectivity index (χ0v) is 11.4. The first-order valence-electron chi connectivity index (χ1n) is 6.51. The van der Waals surface area contributed by atoms with Crippen LogP contribution in [0.2, 0.25) is 0 Å². The first-order valence-corrected chi connectivity index (χ1v) is 6.51. The SMILES string of the molecule is CC(C)N(C)Cc1cccc(-c2ccccc2)c1. The molecule has 2 aromatic rings. The smallest absolute Gasteiger partial charge is 0.0233 e. The van der Waals surface area contributed by atoms with Gasteiger partial charge in [-0.05, 0) is 43.7 Å². The van der Waals surface area contributed by atoms with Crippen molar-refractivity contribution in [2.75, 3.05) is 7.05 Å². The molecule has 0 fully saturated rings. The van der Waals surface area contributed by atoms with E-state index in [4.69, 9.17) is 0 Å². The van der Waals surface area contributed by atoms with Gasteiger partial charge in [0.1, 0.15) is 0 Å². The van der Waals surface area contributed by atoms with E-state index in [0.29, 0.717) is 6.04 Å². The van der Waals surface area contributed by atoms with E-state index in [1.54, 1.807) is 0 Å². The molecule has 2 aromatic carbocycles. The summed E-state index contributed by atoms with van der Waals surface area (Å²) in [6.07, 6.45) is 0. The summed E-state index contributed by atoms with van der Waals surface area (Å²) in [5, 5.41) is 0. The molecule has 2 rings (SSSR count). The zero-order chi connectivity index (χ0) is 13.0. The van der Waals surface area contributed by atoms with Gasteiger partial charge in [-0.2, -0.15) is 0 Å². The minimum absolute atomic E-state index is 0.574. The molecule has 0 aromatic heterocycles. The third-order valence-corrected chi connectivity index (χ3v) is 3.35. The number of hydrogen-bond donors (Lipinski definition) is 0. The van der Waals surface area contributed by atoms with Gasteiger partial charge in [0.05, 0.1) is 0 Å². The summed E-state index contributed by atoms with van der Waals surface area (Å²) in [4.78, 5) is 2.35. The lowest BCUT2D eigenvalue weighted by Gasteiger charge is -2.21. The van der Waals surface area contributed by atoms with Crippen molar-refractivity contribution in [3.05, 3.63) is 60.2 Å². The lowest BCUT2D eigenvalue weighted by atomic mass is 10.0. The first kappa shape index (κ1) is 12.8. The molecule has 0 spiro atoms. The van der Waals surface area contributed by atoms with Crippen LogP contribution in [0, 0.1) is 0 Å². The summed E-state index contributed by atoms with van der Waals surface area (Å²) in [5.74, 6) is 0. The van der Waals surface area contributed by atoms with Crippen molar-refractivity contribution in [3.63, 3.8) is 0 Å². The Morgan fingerprint density at radius 1 is 0.889 bits per heavy atom. The second-order valence-electron chi connectivity index (χ2n) is 5.08. The Kier molecular flexibility index (Phi) is 4.16. The van der Waals surface area contributed by atoms with E-state index in [2.05, 4.69) is 80.4 Å². The molecule has 0 saturated heterocycles. The van der Waals surface area contributed by atoms with Gasteiger partial charge >= 0.3 is 0 Å². The number of rotatable bonds is 4. The van der Waals surface area contributed by atoms with Crippen molar-refractivity contribution in [2.24, 2.45) is 0 Å². The number of hydrogen-bond acceptors (Lipinski definition) is 1. The van der Waals surface area contributed by atoms with E-state index in [0.717, 1.165) is 6.54 Å². The Bertz CT molecular complexity index is 488. The van der Waals surface area contributed by atoms with Crippen LogP contribution in [0.1, 0.15) is 19.4 Å². The molecule has 0 unspecified atom stereocenters. The van der Waals surface area contributed by atoms with E-state index in [1.165, 1.54) is 16.7 Å². The van der Waals surface area contributed by atoms with Crippen LogP contribution in [-0.2, 0) is 6.54 Å². The molecule has 1 heteroatoms. The molecule has 0 aliphatic rings. The van der Waals surface area contributed by atoms with Crippen LogP contribution in [0.15, 0.2) is 54.6 Å². The van der Waals surface area contributed by atoms with Crippen molar-refractivity contribution >= 4 is 0 Å². The Balaban J connectivity index is 2.21. The summed E-state index contributed by atoms with van der Waals surface area (Å²) in [5.41, 5.74) is 3.95. The number of nitrogens with zero attached hydrogens (tertiary/aromatic N) is 1. The topological polar surface area (TPSA) is 3.24 Å². The van der Waals surface area contributed by atoms with Gasteiger partial charge in [-0.25, -0.2) is 0 Å². The van der Waals surface area contributed by atoms with E-state index >= 15 is 0 Å². The maximum atomic E-state index is 2.35. The lowest BCUT2D eigenvalue weighted by Crippen LogP contribution is -2.25. The fourth-order valence-electron chi connectivity index (χ4n) is 1.95. The third-order valence-electron chi connectivity index (χ3n) is 3.35. The van der Waals surface area contributed by atoms with E-state index in [-0.39, 0.29) is 0 Å². The Morgan fingerprint density at radius 2 is 1.56 bits per heavy atom. The fourth-order valence-corrected chi connectivity index (χ4v) is 1.95. The predicted molar refractivity (Wildman–Crippen MR) is 78.5 cm³/mol. The van der Waals surface area contributed by atoms with Crippen LogP contribution in [0.5, 0.6) is 0 Å². The van der Waals surface area contributed by atoms with Gasteiger partial charge in [0.25, 0.3) is 0 Å². The average molecular weight is 239 g/mol. The van der Waals surface area contributed by atoms with Crippen molar-refractivity contribution in [1.29, 1.82) is 0 Å². The van der Waals surface area contributed by atoms with Gasteiger partial charge in [-0.3, -0.25) is 4.90 Å². The van der Waals surface area contributed by atoms with E-state index < -0.39 is 0 Å². The van der Waals surface area contributed by atoms with Gasteiger partial charge in [0, 0.05) is 12.6 Å². The highest BCUT2D eigenvalue weighted by atomic mass is 15.1. The lowest BCUT2D eigenvalue weighted by molar-refractivity contribution is 0.266. The second kappa shape index (κ2) is 5.83. The third kappa shape index (κ3) is 3.21. The van der Waals surface area contributed by atoms with E-state index in [1.807, 2.05) is 0 Å². The molecular formula is C17H21N. The standard InChI is InChI=1S/C17H21N/c1-14(2)18(3)13-15-8-7-11-17(12-15)16-9-5-4-6-10-16/h4-12,14H,13H2,1-3H3. The molecule has 18 heavy (non-hydrogen) atoms. The van der Waals surface area contributed by atoms with Crippen LogP contribution in [0.4, 0.5) is 0 Å². The van der Waals surface area contributed by atoms with E-state index in [9.17, 15) is 0 Å². The largest absolute Gasteiger partial charge is 0.300 e. The summed E-state index contributed by atoms with van der Waals surface area (Å²) in [6, 6.07) is 19.9. The molecule has 94 valence electrons. The highest BCUT2D eigenvalue weighted by Gasteiger charge is 2.05. The van der Waals surface area contributed by atoms with Gasteiger partial charge < -0.3 is 0 Å². The van der Waals surface area contributed by atoms with Gasteiger partial charge in [0.2, 0.25) is 0 Å².